The molecule has 0 heterocycles. The van der Waals surface area contributed by atoms with Crippen molar-refractivity contribution in [1.82, 2.24) is 0 Å². The summed E-state index contributed by atoms with van der Waals surface area (Å²) in [5.74, 6) is 0. The van der Waals surface area contributed by atoms with E-state index < -0.39 is 5.60 Å². The molecule has 0 aromatic carbocycles. The average Bonchev–Trinajstić information content (AvgIpc) is 2.08. The molecule has 1 saturated carbocycles. The highest BCUT2D eigenvalue weighted by atomic mass is 35.5. The molecule has 0 amide bonds. The van der Waals surface area contributed by atoms with Crippen molar-refractivity contribution in [3.05, 3.63) is 0 Å². The van der Waals surface area contributed by atoms with Gasteiger partial charge in [-0.2, -0.15) is 0 Å². The van der Waals surface area contributed by atoms with Crippen LogP contribution < -0.4 is 5.73 Å². The maximum absolute atomic E-state index is 9.71. The second-order valence-electron chi connectivity index (χ2n) is 4.27. The Balaban J connectivity index is 0.000001000. The molecule has 0 saturated heterocycles. The summed E-state index contributed by atoms with van der Waals surface area (Å²) in [5, 5.41) is 9.71. The topological polar surface area (TPSA) is 46.2 Å². The SMILES string of the molecule is CC1(C)CCC(O)(CN)C1.Cl. The number of hydrogen-bond acceptors (Lipinski definition) is 2. The minimum Gasteiger partial charge on any atom is -0.389 e. The lowest BCUT2D eigenvalue weighted by molar-refractivity contribution is 0.0465. The normalized spacial score (nSPS) is 34.9. The van der Waals surface area contributed by atoms with Crippen LogP contribution >= 0.6 is 12.4 Å². The van der Waals surface area contributed by atoms with Crippen LogP contribution in [0.1, 0.15) is 33.1 Å². The zero-order chi connectivity index (χ0) is 7.83. The maximum atomic E-state index is 9.71. The zero-order valence-electron chi connectivity index (χ0n) is 7.26. The van der Waals surface area contributed by atoms with Gasteiger partial charge in [0.05, 0.1) is 5.60 Å². The standard InChI is InChI=1S/C8H17NO.ClH/c1-7(2)3-4-8(10,5-7)6-9;/h10H,3-6,9H2,1-2H3;1H. The van der Waals surface area contributed by atoms with Crippen molar-refractivity contribution in [3.8, 4) is 0 Å². The van der Waals surface area contributed by atoms with Crippen LogP contribution in [0, 0.1) is 5.41 Å². The van der Waals surface area contributed by atoms with E-state index in [4.69, 9.17) is 5.73 Å². The highest BCUT2D eigenvalue weighted by Gasteiger charge is 2.40. The Hall–Kier alpha value is 0.210. The largest absolute Gasteiger partial charge is 0.389 e. The average molecular weight is 180 g/mol. The minimum atomic E-state index is -0.552. The Bertz CT molecular complexity index is 138. The van der Waals surface area contributed by atoms with Gasteiger partial charge in [-0.25, -0.2) is 0 Å². The Morgan fingerprint density at radius 3 is 2.09 bits per heavy atom. The van der Waals surface area contributed by atoms with Gasteiger partial charge in [-0.1, -0.05) is 13.8 Å². The maximum Gasteiger partial charge on any atom is 0.0774 e. The molecule has 1 fully saturated rings. The third-order valence-electron chi connectivity index (χ3n) is 2.45. The van der Waals surface area contributed by atoms with Crippen molar-refractivity contribution in [3.63, 3.8) is 0 Å². The fourth-order valence-electron chi connectivity index (χ4n) is 1.81. The Kier molecular flexibility index (Phi) is 3.36. The van der Waals surface area contributed by atoms with E-state index in [0.29, 0.717) is 12.0 Å². The molecule has 0 bridgehead atoms. The summed E-state index contributed by atoms with van der Waals surface area (Å²) >= 11 is 0. The van der Waals surface area contributed by atoms with E-state index in [-0.39, 0.29) is 12.4 Å². The molecule has 11 heavy (non-hydrogen) atoms. The van der Waals surface area contributed by atoms with E-state index in [9.17, 15) is 5.11 Å². The molecule has 1 unspecified atom stereocenters. The first-order valence-electron chi connectivity index (χ1n) is 3.90. The summed E-state index contributed by atoms with van der Waals surface area (Å²) in [6.45, 7) is 4.78. The highest BCUT2D eigenvalue weighted by Crippen LogP contribution is 2.42. The van der Waals surface area contributed by atoms with Crippen molar-refractivity contribution < 1.29 is 5.11 Å². The van der Waals surface area contributed by atoms with Gasteiger partial charge in [-0.05, 0) is 24.7 Å². The summed E-state index contributed by atoms with van der Waals surface area (Å²) in [7, 11) is 0. The van der Waals surface area contributed by atoms with E-state index in [2.05, 4.69) is 13.8 Å². The molecule has 1 aliphatic carbocycles. The lowest BCUT2D eigenvalue weighted by Gasteiger charge is -2.22. The van der Waals surface area contributed by atoms with Crippen LogP contribution in [0.2, 0.25) is 0 Å². The molecule has 3 heteroatoms. The summed E-state index contributed by atoms with van der Waals surface area (Å²) in [6.07, 6.45) is 2.83. The van der Waals surface area contributed by atoms with E-state index in [1.54, 1.807) is 0 Å². The Labute approximate surface area is 74.6 Å². The molecule has 0 aromatic heterocycles. The number of hydrogen-bond donors (Lipinski definition) is 2. The van der Waals surface area contributed by atoms with Gasteiger partial charge in [0.1, 0.15) is 0 Å². The van der Waals surface area contributed by atoms with E-state index >= 15 is 0 Å². The number of nitrogens with two attached hydrogens (primary N) is 1. The summed E-state index contributed by atoms with van der Waals surface area (Å²) < 4.78 is 0. The number of halogens is 1. The third-order valence-corrected chi connectivity index (χ3v) is 2.45. The molecule has 68 valence electrons. The smallest absolute Gasteiger partial charge is 0.0774 e. The van der Waals surface area contributed by atoms with E-state index in [1.165, 1.54) is 0 Å². The van der Waals surface area contributed by atoms with Crippen LogP contribution in [0.4, 0.5) is 0 Å². The zero-order valence-corrected chi connectivity index (χ0v) is 8.08. The highest BCUT2D eigenvalue weighted by molar-refractivity contribution is 5.85. The van der Waals surface area contributed by atoms with Gasteiger partial charge in [-0.15, -0.1) is 12.4 Å². The van der Waals surface area contributed by atoms with Crippen molar-refractivity contribution in [2.45, 2.75) is 38.7 Å². The first-order valence-corrected chi connectivity index (χ1v) is 3.90. The van der Waals surface area contributed by atoms with Gasteiger partial charge in [0, 0.05) is 6.54 Å². The monoisotopic (exact) mass is 179 g/mol. The first-order chi connectivity index (χ1) is 4.47. The molecule has 0 aliphatic heterocycles. The molecule has 0 spiro atoms. The van der Waals surface area contributed by atoms with Crippen LogP contribution in [0.15, 0.2) is 0 Å². The number of aliphatic hydroxyl groups is 1. The predicted molar refractivity (Wildman–Crippen MR) is 48.9 cm³/mol. The van der Waals surface area contributed by atoms with Crippen LogP contribution in [-0.2, 0) is 0 Å². The van der Waals surface area contributed by atoms with Crippen LogP contribution in [-0.4, -0.2) is 17.3 Å². The molecule has 1 atom stereocenters. The van der Waals surface area contributed by atoms with E-state index in [1.807, 2.05) is 0 Å². The first kappa shape index (κ1) is 11.2. The second kappa shape index (κ2) is 3.30. The van der Waals surface area contributed by atoms with Gasteiger partial charge in [0.15, 0.2) is 0 Å². The molecule has 0 aromatic rings. The van der Waals surface area contributed by atoms with Crippen LogP contribution in [0.5, 0.6) is 0 Å². The predicted octanol–water partition coefficient (Wildman–Crippen LogP) is 1.31. The van der Waals surface area contributed by atoms with Crippen LogP contribution in [0.3, 0.4) is 0 Å². The summed E-state index contributed by atoms with van der Waals surface area (Å²) in [5.41, 5.74) is 5.19. The number of rotatable bonds is 1. The molecule has 3 N–H and O–H groups in total. The Morgan fingerprint density at radius 2 is 1.91 bits per heavy atom. The lowest BCUT2D eigenvalue weighted by atomic mass is 9.89. The van der Waals surface area contributed by atoms with Gasteiger partial charge < -0.3 is 10.8 Å². The van der Waals surface area contributed by atoms with Crippen molar-refractivity contribution in [2.24, 2.45) is 11.1 Å². The fraction of sp³-hybridized carbons (Fsp3) is 1.00. The van der Waals surface area contributed by atoms with Crippen molar-refractivity contribution >= 4 is 12.4 Å². The summed E-state index contributed by atoms with van der Waals surface area (Å²) in [4.78, 5) is 0. The molecular weight excluding hydrogens is 162 g/mol. The molecule has 1 rings (SSSR count). The van der Waals surface area contributed by atoms with E-state index in [0.717, 1.165) is 19.3 Å². The minimum absolute atomic E-state index is 0. The van der Waals surface area contributed by atoms with Gasteiger partial charge in [0.2, 0.25) is 0 Å². The second-order valence-corrected chi connectivity index (χ2v) is 4.27. The van der Waals surface area contributed by atoms with Gasteiger partial charge in [0.25, 0.3) is 0 Å². The molecule has 1 aliphatic rings. The molecular formula is C8H18ClNO. The Morgan fingerprint density at radius 1 is 1.36 bits per heavy atom. The van der Waals surface area contributed by atoms with Crippen molar-refractivity contribution in [1.29, 1.82) is 0 Å². The van der Waals surface area contributed by atoms with Crippen molar-refractivity contribution in [2.75, 3.05) is 6.54 Å². The molecule has 0 radical (unpaired) electrons. The quantitative estimate of drug-likeness (QED) is 0.638. The third kappa shape index (κ3) is 2.62. The van der Waals surface area contributed by atoms with Crippen LogP contribution in [0.25, 0.3) is 0 Å². The van der Waals surface area contributed by atoms with Gasteiger partial charge in [-0.3, -0.25) is 0 Å². The van der Waals surface area contributed by atoms with Gasteiger partial charge >= 0.3 is 0 Å². The fourth-order valence-corrected chi connectivity index (χ4v) is 1.81. The molecule has 2 nitrogen and oxygen atoms in total. The lowest BCUT2D eigenvalue weighted by Crippen LogP contribution is -2.35. The summed E-state index contributed by atoms with van der Waals surface area (Å²) in [6, 6.07) is 0.